The highest BCUT2D eigenvalue weighted by Crippen LogP contribution is 2.19. The summed E-state index contributed by atoms with van der Waals surface area (Å²) in [4.78, 5) is 33.3. The number of nitrogens with zero attached hydrogens (tertiary/aromatic N) is 4. The highest BCUT2D eigenvalue weighted by Gasteiger charge is 2.22. The van der Waals surface area contributed by atoms with Crippen molar-refractivity contribution in [1.29, 1.82) is 0 Å². The lowest BCUT2D eigenvalue weighted by molar-refractivity contribution is 0.0943. The summed E-state index contributed by atoms with van der Waals surface area (Å²) in [5.41, 5.74) is 2.47. The van der Waals surface area contributed by atoms with Crippen molar-refractivity contribution in [3.05, 3.63) is 29.6 Å². The van der Waals surface area contributed by atoms with Crippen molar-refractivity contribution in [2.24, 2.45) is 7.05 Å². The van der Waals surface area contributed by atoms with Gasteiger partial charge in [-0.1, -0.05) is 6.92 Å². The molecule has 1 aromatic heterocycles. The number of rotatable bonds is 6. The molecule has 0 aliphatic carbocycles. The molecule has 3 rings (SSSR count). The largest absolute Gasteiger partial charge is 0.350 e. The van der Waals surface area contributed by atoms with E-state index in [-0.39, 0.29) is 18.0 Å². The molecule has 8 heteroatoms. The minimum atomic E-state index is -0.0772. The molecule has 2 heterocycles. The maximum absolute atomic E-state index is 12.3. The molecule has 2 N–H and O–H groups in total. The number of benzene rings is 1. The first kappa shape index (κ1) is 21.1. The summed E-state index contributed by atoms with van der Waals surface area (Å²) in [6.45, 7) is 10.5. The Labute approximate surface area is 172 Å². The van der Waals surface area contributed by atoms with Crippen molar-refractivity contribution in [3.8, 4) is 0 Å². The molecular weight excluding hydrogens is 368 g/mol. The average Bonchev–Trinajstić information content (AvgIpc) is 3.01. The smallest absolute Gasteiger partial charge is 0.317 e. The lowest BCUT2D eigenvalue weighted by Crippen LogP contribution is -2.51. The minimum absolute atomic E-state index is 0.0291. The van der Waals surface area contributed by atoms with E-state index in [2.05, 4.69) is 27.0 Å². The standard InChI is InChI=1S/C21H32N6O2/c1-5-8-22-21(29)27-11-9-26(10-12-27)14-19-24-17-13-16(20(28)23-15(2)3)6-7-18(17)25(19)4/h6-7,13,15H,5,8-12,14H2,1-4H3,(H,22,29)(H,23,28). The Hall–Kier alpha value is -2.61. The van der Waals surface area contributed by atoms with Gasteiger partial charge in [0.05, 0.1) is 17.6 Å². The molecule has 0 spiro atoms. The monoisotopic (exact) mass is 400 g/mol. The number of nitrogens with one attached hydrogen (secondary N) is 2. The fraction of sp³-hybridized carbons (Fsp3) is 0.571. The van der Waals surface area contributed by atoms with Gasteiger partial charge in [-0.2, -0.15) is 0 Å². The summed E-state index contributed by atoms with van der Waals surface area (Å²) in [6.07, 6.45) is 0.944. The van der Waals surface area contributed by atoms with Gasteiger partial charge in [-0.3, -0.25) is 9.69 Å². The second kappa shape index (κ2) is 9.26. The molecule has 1 aliphatic rings. The van der Waals surface area contributed by atoms with Crippen LogP contribution in [-0.2, 0) is 13.6 Å². The number of carbonyl (C=O) groups excluding carboxylic acids is 2. The number of piperazine rings is 1. The van der Waals surface area contributed by atoms with E-state index in [1.807, 2.05) is 44.0 Å². The highest BCUT2D eigenvalue weighted by molar-refractivity contribution is 5.97. The Balaban J connectivity index is 1.64. The molecule has 1 saturated heterocycles. The molecule has 1 aliphatic heterocycles. The zero-order valence-corrected chi connectivity index (χ0v) is 17.9. The van der Waals surface area contributed by atoms with E-state index in [9.17, 15) is 9.59 Å². The third-order valence-corrected chi connectivity index (χ3v) is 5.21. The normalized spacial score (nSPS) is 15.1. The predicted octanol–water partition coefficient (Wildman–Crippen LogP) is 1.95. The molecule has 1 fully saturated rings. The summed E-state index contributed by atoms with van der Waals surface area (Å²) >= 11 is 0. The zero-order valence-electron chi connectivity index (χ0n) is 17.9. The summed E-state index contributed by atoms with van der Waals surface area (Å²) in [5.74, 6) is 0.886. The zero-order chi connectivity index (χ0) is 21.0. The lowest BCUT2D eigenvalue weighted by atomic mass is 10.2. The second-order valence-electron chi connectivity index (χ2n) is 7.91. The van der Waals surface area contributed by atoms with Crippen molar-refractivity contribution >= 4 is 23.0 Å². The van der Waals surface area contributed by atoms with Crippen LogP contribution in [0.5, 0.6) is 0 Å². The number of hydrogen-bond donors (Lipinski definition) is 2. The van der Waals surface area contributed by atoms with E-state index < -0.39 is 0 Å². The summed E-state index contributed by atoms with van der Waals surface area (Å²) in [5, 5.41) is 5.86. The van der Waals surface area contributed by atoms with Gasteiger partial charge in [0.25, 0.3) is 5.91 Å². The molecule has 158 valence electrons. The molecule has 2 aromatic rings. The minimum Gasteiger partial charge on any atom is -0.350 e. The van der Waals surface area contributed by atoms with Crippen molar-refractivity contribution in [1.82, 2.24) is 30.0 Å². The summed E-state index contributed by atoms with van der Waals surface area (Å²) in [7, 11) is 2.01. The molecule has 8 nitrogen and oxygen atoms in total. The number of amides is 3. The molecule has 1 aromatic carbocycles. The van der Waals surface area contributed by atoms with E-state index >= 15 is 0 Å². The van der Waals surface area contributed by atoms with Crippen LogP contribution in [-0.4, -0.2) is 70.1 Å². The van der Waals surface area contributed by atoms with Crippen LogP contribution in [0.1, 0.15) is 43.4 Å². The first-order valence-electron chi connectivity index (χ1n) is 10.4. The van der Waals surface area contributed by atoms with Crippen LogP contribution in [0.15, 0.2) is 18.2 Å². The Morgan fingerprint density at radius 1 is 1.17 bits per heavy atom. The fourth-order valence-electron chi connectivity index (χ4n) is 3.53. The van der Waals surface area contributed by atoms with E-state index in [0.717, 1.165) is 62.5 Å². The van der Waals surface area contributed by atoms with Crippen LogP contribution >= 0.6 is 0 Å². The van der Waals surface area contributed by atoms with Gasteiger partial charge in [0, 0.05) is 51.4 Å². The van der Waals surface area contributed by atoms with Gasteiger partial charge in [0.2, 0.25) is 0 Å². The molecule has 0 radical (unpaired) electrons. The van der Waals surface area contributed by atoms with Crippen LogP contribution < -0.4 is 10.6 Å². The van der Waals surface area contributed by atoms with Gasteiger partial charge < -0.3 is 20.1 Å². The van der Waals surface area contributed by atoms with Crippen molar-refractivity contribution in [3.63, 3.8) is 0 Å². The van der Waals surface area contributed by atoms with Crippen LogP contribution in [0.2, 0.25) is 0 Å². The fourth-order valence-corrected chi connectivity index (χ4v) is 3.53. The van der Waals surface area contributed by atoms with Gasteiger partial charge in [0.1, 0.15) is 5.82 Å². The number of carbonyl (C=O) groups is 2. The maximum atomic E-state index is 12.3. The number of fused-ring (bicyclic) bond motifs is 1. The molecule has 0 unspecified atom stereocenters. The van der Waals surface area contributed by atoms with Gasteiger partial charge >= 0.3 is 6.03 Å². The topological polar surface area (TPSA) is 82.5 Å². The number of hydrogen-bond acceptors (Lipinski definition) is 4. The number of imidazole rings is 1. The first-order chi connectivity index (χ1) is 13.9. The van der Waals surface area contributed by atoms with Crippen LogP contribution in [0.4, 0.5) is 4.79 Å². The Bertz CT molecular complexity index is 867. The van der Waals surface area contributed by atoms with E-state index in [0.29, 0.717) is 5.56 Å². The molecule has 3 amide bonds. The second-order valence-corrected chi connectivity index (χ2v) is 7.91. The van der Waals surface area contributed by atoms with Crippen molar-refractivity contribution < 1.29 is 9.59 Å². The van der Waals surface area contributed by atoms with Crippen molar-refractivity contribution in [2.45, 2.75) is 39.8 Å². The van der Waals surface area contributed by atoms with Gasteiger partial charge in [-0.15, -0.1) is 0 Å². The summed E-state index contributed by atoms with van der Waals surface area (Å²) in [6, 6.07) is 5.78. The highest BCUT2D eigenvalue weighted by atomic mass is 16.2. The Morgan fingerprint density at radius 3 is 2.55 bits per heavy atom. The third kappa shape index (κ3) is 5.06. The maximum Gasteiger partial charge on any atom is 0.317 e. The number of aryl methyl sites for hydroxylation is 1. The van der Waals surface area contributed by atoms with E-state index in [1.54, 1.807) is 0 Å². The Kier molecular flexibility index (Phi) is 6.74. The van der Waals surface area contributed by atoms with Crippen molar-refractivity contribution in [2.75, 3.05) is 32.7 Å². The SMILES string of the molecule is CCCNC(=O)N1CCN(Cc2nc3cc(C(=O)NC(C)C)ccc3n2C)CC1. The molecule has 29 heavy (non-hydrogen) atoms. The lowest BCUT2D eigenvalue weighted by Gasteiger charge is -2.34. The average molecular weight is 401 g/mol. The van der Waals surface area contributed by atoms with Gasteiger partial charge in [-0.25, -0.2) is 9.78 Å². The van der Waals surface area contributed by atoms with Crippen LogP contribution in [0.3, 0.4) is 0 Å². The van der Waals surface area contributed by atoms with Crippen LogP contribution in [0, 0.1) is 0 Å². The quantitative estimate of drug-likeness (QED) is 0.776. The molecule has 0 bridgehead atoms. The molecule has 0 atom stereocenters. The molecule has 0 saturated carbocycles. The van der Waals surface area contributed by atoms with Gasteiger partial charge in [0.15, 0.2) is 0 Å². The number of aromatic nitrogens is 2. The Morgan fingerprint density at radius 2 is 1.90 bits per heavy atom. The number of urea groups is 1. The van der Waals surface area contributed by atoms with E-state index in [1.165, 1.54) is 0 Å². The van der Waals surface area contributed by atoms with Crippen LogP contribution in [0.25, 0.3) is 11.0 Å². The predicted molar refractivity (Wildman–Crippen MR) is 114 cm³/mol. The summed E-state index contributed by atoms with van der Waals surface area (Å²) < 4.78 is 2.08. The third-order valence-electron chi connectivity index (χ3n) is 5.21. The van der Waals surface area contributed by atoms with E-state index in [4.69, 9.17) is 4.98 Å². The molecular formula is C21H32N6O2. The first-order valence-corrected chi connectivity index (χ1v) is 10.4. The van der Waals surface area contributed by atoms with Gasteiger partial charge in [-0.05, 0) is 38.5 Å².